The van der Waals surface area contributed by atoms with E-state index >= 15 is 0 Å². The van der Waals surface area contributed by atoms with Crippen LogP contribution in [0.25, 0.3) is 0 Å². The van der Waals surface area contributed by atoms with Crippen LogP contribution in [0, 0.1) is 0 Å². The van der Waals surface area contributed by atoms with Crippen molar-refractivity contribution in [2.24, 2.45) is 0 Å². The van der Waals surface area contributed by atoms with Crippen molar-refractivity contribution in [3.05, 3.63) is 42.5 Å². The lowest BCUT2D eigenvalue weighted by atomic mass is 10.2. The van der Waals surface area contributed by atoms with E-state index in [1.165, 1.54) is 12.4 Å². The van der Waals surface area contributed by atoms with Gasteiger partial charge in [0.25, 0.3) is 5.91 Å². The van der Waals surface area contributed by atoms with Crippen molar-refractivity contribution in [3.63, 3.8) is 0 Å². The Morgan fingerprint density at radius 2 is 1.93 bits per heavy atom. The first-order chi connectivity index (χ1) is 13.1. The molecule has 4 rings (SSSR count). The van der Waals surface area contributed by atoms with Crippen molar-refractivity contribution in [1.29, 1.82) is 0 Å². The second-order valence-corrected chi connectivity index (χ2v) is 6.49. The van der Waals surface area contributed by atoms with Gasteiger partial charge in [0.2, 0.25) is 6.10 Å². The van der Waals surface area contributed by atoms with E-state index in [0.717, 1.165) is 4.57 Å². The molecular weight excluding hydrogens is 358 g/mol. The van der Waals surface area contributed by atoms with E-state index in [1.807, 2.05) is 17.0 Å². The number of para-hydroxylation sites is 2. The van der Waals surface area contributed by atoms with Crippen LogP contribution in [0.3, 0.4) is 0 Å². The smallest absolute Gasteiger partial charge is 0.319 e. The molecule has 0 spiro atoms. The fourth-order valence-electron chi connectivity index (χ4n) is 3.32. The molecule has 1 aromatic carbocycles. The fraction of sp³-hybridized carbons (Fsp3) is 0.444. The number of hydrogen-bond acceptors (Lipinski definition) is 5. The first-order valence-electron chi connectivity index (χ1n) is 8.81. The molecule has 1 amide bonds. The molecule has 0 saturated carbocycles. The average molecular weight is 378 g/mol. The Balaban J connectivity index is 1.31. The van der Waals surface area contributed by atoms with Crippen LogP contribution < -0.4 is 9.47 Å². The molecule has 1 fully saturated rings. The molecule has 0 bridgehead atoms. The number of nitrogens with zero attached hydrogens (tertiary/aromatic N) is 4. The molecule has 1 atom stereocenters. The molecule has 2 aromatic rings. The van der Waals surface area contributed by atoms with Crippen molar-refractivity contribution in [2.75, 3.05) is 32.8 Å². The van der Waals surface area contributed by atoms with Gasteiger partial charge in [0.1, 0.15) is 12.4 Å². The number of rotatable bonds is 4. The number of fused-ring (bicyclic) bond motifs is 1. The van der Waals surface area contributed by atoms with Crippen molar-refractivity contribution in [3.8, 4) is 11.5 Å². The van der Waals surface area contributed by atoms with Crippen molar-refractivity contribution >= 4 is 5.91 Å². The van der Waals surface area contributed by atoms with Gasteiger partial charge in [-0.2, -0.15) is 8.78 Å². The van der Waals surface area contributed by atoms with Gasteiger partial charge in [-0.25, -0.2) is 4.98 Å². The maximum absolute atomic E-state index is 12.9. The van der Waals surface area contributed by atoms with Gasteiger partial charge in [0, 0.05) is 38.6 Å². The molecule has 9 heteroatoms. The number of amides is 1. The van der Waals surface area contributed by atoms with E-state index in [0.29, 0.717) is 50.0 Å². The van der Waals surface area contributed by atoms with Crippen LogP contribution in [0.2, 0.25) is 0 Å². The van der Waals surface area contributed by atoms with Crippen molar-refractivity contribution in [2.45, 2.75) is 19.2 Å². The molecule has 1 saturated heterocycles. The lowest BCUT2D eigenvalue weighted by Gasteiger charge is -2.37. The summed E-state index contributed by atoms with van der Waals surface area (Å²) >= 11 is 0. The van der Waals surface area contributed by atoms with Gasteiger partial charge in [0.05, 0.1) is 6.54 Å². The lowest BCUT2D eigenvalue weighted by molar-refractivity contribution is -0.143. The van der Waals surface area contributed by atoms with Crippen LogP contribution in [-0.2, 0) is 11.3 Å². The molecular formula is C18H20F2N4O3. The molecule has 0 N–H and O–H groups in total. The van der Waals surface area contributed by atoms with E-state index in [-0.39, 0.29) is 12.5 Å². The summed E-state index contributed by atoms with van der Waals surface area (Å²) in [5, 5.41) is 0. The van der Waals surface area contributed by atoms with Gasteiger partial charge in [-0.3, -0.25) is 14.3 Å². The van der Waals surface area contributed by atoms with Crippen LogP contribution in [0.1, 0.15) is 12.4 Å². The number of piperazine rings is 1. The molecule has 27 heavy (non-hydrogen) atoms. The lowest BCUT2D eigenvalue weighted by Crippen LogP contribution is -2.53. The summed E-state index contributed by atoms with van der Waals surface area (Å²) in [7, 11) is 0. The Morgan fingerprint density at radius 1 is 1.19 bits per heavy atom. The standard InChI is InChI=1S/C18H20F2N4O3/c19-18(20)24-6-5-21-16(24)11-22-7-9-23(10-8-22)17(25)15-12-26-13-3-1-2-4-14(13)27-15/h1-6,15,18H,7-12H2. The van der Waals surface area contributed by atoms with E-state index in [2.05, 4.69) is 4.98 Å². The summed E-state index contributed by atoms with van der Waals surface area (Å²) in [5.74, 6) is 1.42. The first-order valence-corrected chi connectivity index (χ1v) is 8.81. The van der Waals surface area contributed by atoms with Gasteiger partial charge >= 0.3 is 6.55 Å². The number of carbonyl (C=O) groups is 1. The minimum Gasteiger partial charge on any atom is -0.485 e. The van der Waals surface area contributed by atoms with E-state index in [4.69, 9.17) is 9.47 Å². The van der Waals surface area contributed by atoms with Gasteiger partial charge in [-0.1, -0.05) is 12.1 Å². The highest BCUT2D eigenvalue weighted by Gasteiger charge is 2.32. The number of ether oxygens (including phenoxy) is 2. The summed E-state index contributed by atoms with van der Waals surface area (Å²) in [6.45, 7) is 0.109. The van der Waals surface area contributed by atoms with Gasteiger partial charge in [-0.05, 0) is 12.1 Å². The Morgan fingerprint density at radius 3 is 2.67 bits per heavy atom. The zero-order valence-electron chi connectivity index (χ0n) is 14.6. The fourth-order valence-corrected chi connectivity index (χ4v) is 3.32. The molecule has 144 valence electrons. The topological polar surface area (TPSA) is 59.8 Å². The third kappa shape index (κ3) is 3.73. The highest BCUT2D eigenvalue weighted by Crippen LogP contribution is 2.31. The van der Waals surface area contributed by atoms with E-state index in [1.54, 1.807) is 17.0 Å². The summed E-state index contributed by atoms with van der Waals surface area (Å²) in [5.41, 5.74) is 0. The highest BCUT2D eigenvalue weighted by atomic mass is 19.3. The van der Waals surface area contributed by atoms with Gasteiger partial charge in [0.15, 0.2) is 11.5 Å². The van der Waals surface area contributed by atoms with Crippen LogP contribution >= 0.6 is 0 Å². The van der Waals surface area contributed by atoms with Crippen LogP contribution in [0.5, 0.6) is 11.5 Å². The predicted octanol–water partition coefficient (Wildman–Crippen LogP) is 1.76. The summed E-state index contributed by atoms with van der Waals surface area (Å²) in [6, 6.07) is 7.26. The molecule has 2 aliphatic rings. The number of carbonyl (C=O) groups excluding carboxylic acids is 1. The van der Waals surface area contributed by atoms with Gasteiger partial charge in [-0.15, -0.1) is 0 Å². The number of benzene rings is 1. The number of aromatic nitrogens is 2. The largest absolute Gasteiger partial charge is 0.485 e. The minimum atomic E-state index is -2.60. The quantitative estimate of drug-likeness (QED) is 0.812. The first kappa shape index (κ1) is 17.7. The Bertz CT molecular complexity index is 805. The normalized spacial score (nSPS) is 20.1. The molecule has 7 nitrogen and oxygen atoms in total. The number of imidazole rings is 1. The predicted molar refractivity (Wildman–Crippen MR) is 91.7 cm³/mol. The molecule has 0 radical (unpaired) electrons. The van der Waals surface area contributed by atoms with E-state index < -0.39 is 12.7 Å². The highest BCUT2D eigenvalue weighted by molar-refractivity contribution is 5.82. The van der Waals surface area contributed by atoms with Crippen LogP contribution in [0.4, 0.5) is 8.78 Å². The SMILES string of the molecule is O=C(C1COc2ccccc2O1)N1CCN(Cc2nccn2C(F)F)CC1. The molecule has 1 unspecified atom stereocenters. The average Bonchev–Trinajstić information content (AvgIpc) is 3.16. The molecule has 1 aromatic heterocycles. The monoisotopic (exact) mass is 378 g/mol. The van der Waals surface area contributed by atoms with Crippen molar-refractivity contribution < 1.29 is 23.0 Å². The van der Waals surface area contributed by atoms with Gasteiger partial charge < -0.3 is 14.4 Å². The molecule has 0 aliphatic carbocycles. The maximum Gasteiger partial charge on any atom is 0.319 e. The Kier molecular flexibility index (Phi) is 4.93. The number of halogens is 2. The second-order valence-electron chi connectivity index (χ2n) is 6.49. The minimum absolute atomic E-state index is 0.113. The third-order valence-electron chi connectivity index (χ3n) is 4.79. The van der Waals surface area contributed by atoms with Crippen LogP contribution in [0.15, 0.2) is 36.7 Å². The van der Waals surface area contributed by atoms with Crippen molar-refractivity contribution in [1.82, 2.24) is 19.4 Å². The molecule has 3 heterocycles. The summed E-state index contributed by atoms with van der Waals surface area (Å²) < 4.78 is 38.1. The number of alkyl halides is 2. The number of hydrogen-bond donors (Lipinski definition) is 0. The molecule has 2 aliphatic heterocycles. The Labute approximate surface area is 155 Å². The van der Waals surface area contributed by atoms with Crippen LogP contribution in [-0.4, -0.2) is 64.1 Å². The third-order valence-corrected chi connectivity index (χ3v) is 4.79. The zero-order valence-corrected chi connectivity index (χ0v) is 14.6. The maximum atomic E-state index is 12.9. The summed E-state index contributed by atoms with van der Waals surface area (Å²) in [6.07, 6.45) is 1.99. The summed E-state index contributed by atoms with van der Waals surface area (Å²) in [4.78, 5) is 20.5. The second kappa shape index (κ2) is 7.51. The zero-order chi connectivity index (χ0) is 18.8. The van der Waals surface area contributed by atoms with E-state index in [9.17, 15) is 13.6 Å². The Hall–Kier alpha value is -2.68.